The number of aromatic nitrogens is 2. The Kier molecular flexibility index (Phi) is 3.49. The highest BCUT2D eigenvalue weighted by Gasteiger charge is 2.13. The number of hydrogen-bond donors (Lipinski definition) is 1. The molecule has 0 saturated heterocycles. The van der Waals surface area contributed by atoms with E-state index in [4.69, 9.17) is 0 Å². The Morgan fingerprint density at radius 3 is 2.67 bits per heavy atom. The van der Waals surface area contributed by atoms with E-state index in [0.29, 0.717) is 5.82 Å². The Morgan fingerprint density at radius 2 is 2.13 bits per heavy atom. The highest BCUT2D eigenvalue weighted by Crippen LogP contribution is 1.96. The Hall–Kier alpha value is -1.78. The molecule has 1 unspecified atom stereocenters. The standard InChI is InChI=1S/C10H13N3O2/c1-6(7(2)14)12-10(15)9-4-5-11-8(3)13-9/h4-6H,1-3H3,(H,12,15). The van der Waals surface area contributed by atoms with Crippen LogP contribution in [0, 0.1) is 6.92 Å². The van der Waals surface area contributed by atoms with E-state index < -0.39 is 6.04 Å². The summed E-state index contributed by atoms with van der Waals surface area (Å²) in [4.78, 5) is 30.3. The second-order valence-corrected chi connectivity index (χ2v) is 3.29. The zero-order chi connectivity index (χ0) is 11.4. The Labute approximate surface area is 87.9 Å². The fraction of sp³-hybridized carbons (Fsp3) is 0.400. The van der Waals surface area contributed by atoms with E-state index in [-0.39, 0.29) is 17.4 Å². The van der Waals surface area contributed by atoms with Gasteiger partial charge in [-0.05, 0) is 26.8 Å². The van der Waals surface area contributed by atoms with Gasteiger partial charge in [0.15, 0.2) is 5.78 Å². The number of carbonyl (C=O) groups excluding carboxylic acids is 2. The van der Waals surface area contributed by atoms with Gasteiger partial charge in [0.2, 0.25) is 0 Å². The maximum atomic E-state index is 11.6. The molecule has 0 aliphatic carbocycles. The number of Topliss-reactive ketones (excluding diaryl/α,β-unsaturated/α-hetero) is 1. The number of ketones is 1. The number of rotatable bonds is 3. The topological polar surface area (TPSA) is 72.0 Å². The number of nitrogens with zero attached hydrogens (tertiary/aromatic N) is 2. The predicted molar refractivity (Wildman–Crippen MR) is 54.4 cm³/mol. The van der Waals surface area contributed by atoms with E-state index in [1.165, 1.54) is 19.2 Å². The van der Waals surface area contributed by atoms with Crippen LogP contribution >= 0.6 is 0 Å². The first kappa shape index (κ1) is 11.3. The van der Waals surface area contributed by atoms with Crippen LogP contribution in [0.1, 0.15) is 30.2 Å². The number of aryl methyl sites for hydroxylation is 1. The van der Waals surface area contributed by atoms with Gasteiger partial charge in [0.05, 0.1) is 6.04 Å². The molecule has 0 aliphatic rings. The highest BCUT2D eigenvalue weighted by atomic mass is 16.2. The summed E-state index contributed by atoms with van der Waals surface area (Å²) in [6, 6.07) is 1.02. The van der Waals surface area contributed by atoms with Crippen LogP contribution in [0.4, 0.5) is 0 Å². The summed E-state index contributed by atoms with van der Waals surface area (Å²) < 4.78 is 0. The van der Waals surface area contributed by atoms with E-state index in [1.54, 1.807) is 13.8 Å². The molecule has 0 aromatic carbocycles. The second-order valence-electron chi connectivity index (χ2n) is 3.29. The maximum Gasteiger partial charge on any atom is 0.270 e. The second kappa shape index (κ2) is 4.63. The van der Waals surface area contributed by atoms with E-state index in [0.717, 1.165) is 0 Å². The van der Waals surface area contributed by atoms with Gasteiger partial charge >= 0.3 is 0 Å². The third-order valence-electron chi connectivity index (χ3n) is 1.97. The molecule has 5 heteroatoms. The molecule has 0 radical (unpaired) electrons. The van der Waals surface area contributed by atoms with Gasteiger partial charge < -0.3 is 5.32 Å². The Balaban J connectivity index is 2.73. The van der Waals surface area contributed by atoms with Crippen molar-refractivity contribution in [2.75, 3.05) is 0 Å². The Morgan fingerprint density at radius 1 is 1.47 bits per heavy atom. The summed E-state index contributed by atoms with van der Waals surface area (Å²) in [6.45, 7) is 4.76. The van der Waals surface area contributed by atoms with Crippen molar-refractivity contribution in [3.05, 3.63) is 23.8 Å². The summed E-state index contributed by atoms with van der Waals surface area (Å²) in [5.41, 5.74) is 0.274. The molecule has 1 atom stereocenters. The lowest BCUT2D eigenvalue weighted by atomic mass is 10.2. The van der Waals surface area contributed by atoms with Crippen LogP contribution in [0.3, 0.4) is 0 Å². The molecule has 0 saturated carbocycles. The van der Waals surface area contributed by atoms with Gasteiger partial charge in [-0.2, -0.15) is 0 Å². The van der Waals surface area contributed by atoms with Crippen LogP contribution in [0.5, 0.6) is 0 Å². The van der Waals surface area contributed by atoms with Crippen molar-refractivity contribution in [3.63, 3.8) is 0 Å². The van der Waals surface area contributed by atoms with Crippen LogP contribution in [0.25, 0.3) is 0 Å². The molecule has 5 nitrogen and oxygen atoms in total. The summed E-state index contributed by atoms with van der Waals surface area (Å²) in [5.74, 6) is 0.0791. The van der Waals surface area contributed by atoms with Gasteiger partial charge in [-0.15, -0.1) is 0 Å². The van der Waals surface area contributed by atoms with Crippen molar-refractivity contribution in [2.24, 2.45) is 0 Å². The average molecular weight is 207 g/mol. The van der Waals surface area contributed by atoms with Crippen molar-refractivity contribution in [1.82, 2.24) is 15.3 Å². The normalized spacial score (nSPS) is 11.9. The van der Waals surface area contributed by atoms with Crippen molar-refractivity contribution < 1.29 is 9.59 Å². The highest BCUT2D eigenvalue weighted by molar-refractivity contribution is 5.95. The van der Waals surface area contributed by atoms with Crippen molar-refractivity contribution in [3.8, 4) is 0 Å². The number of hydrogen-bond acceptors (Lipinski definition) is 4. The Bertz CT molecular complexity index is 390. The zero-order valence-corrected chi connectivity index (χ0v) is 8.94. The number of carbonyl (C=O) groups is 2. The summed E-state index contributed by atoms with van der Waals surface area (Å²) in [6.07, 6.45) is 1.51. The molecule has 1 aromatic heterocycles. The third kappa shape index (κ3) is 3.12. The minimum Gasteiger partial charge on any atom is -0.341 e. The molecule has 1 amide bonds. The molecule has 0 bridgehead atoms. The zero-order valence-electron chi connectivity index (χ0n) is 8.94. The van der Waals surface area contributed by atoms with Crippen LogP contribution in [-0.2, 0) is 4.79 Å². The molecule has 1 aromatic rings. The summed E-state index contributed by atoms with van der Waals surface area (Å²) >= 11 is 0. The van der Waals surface area contributed by atoms with Gasteiger partial charge in [0, 0.05) is 6.20 Å². The van der Waals surface area contributed by atoms with Gasteiger partial charge in [-0.3, -0.25) is 9.59 Å². The molecule has 1 heterocycles. The van der Waals surface area contributed by atoms with Crippen molar-refractivity contribution >= 4 is 11.7 Å². The molecule has 1 rings (SSSR count). The van der Waals surface area contributed by atoms with Crippen molar-refractivity contribution in [1.29, 1.82) is 0 Å². The SMILES string of the molecule is CC(=O)C(C)NC(=O)c1ccnc(C)n1. The van der Waals surface area contributed by atoms with Crippen LogP contribution in [0.2, 0.25) is 0 Å². The minimum atomic E-state index is -0.493. The molecule has 0 fully saturated rings. The van der Waals surface area contributed by atoms with Gasteiger partial charge in [-0.1, -0.05) is 0 Å². The fourth-order valence-electron chi connectivity index (χ4n) is 0.955. The number of nitrogens with one attached hydrogen (secondary N) is 1. The minimum absolute atomic E-state index is 0.0888. The molecule has 1 N–H and O–H groups in total. The smallest absolute Gasteiger partial charge is 0.270 e. The van der Waals surface area contributed by atoms with Gasteiger partial charge in [0.25, 0.3) is 5.91 Å². The molecule has 0 aliphatic heterocycles. The summed E-state index contributed by atoms with van der Waals surface area (Å²) in [7, 11) is 0. The number of amides is 1. The van der Waals surface area contributed by atoms with Crippen LogP contribution in [0.15, 0.2) is 12.3 Å². The lowest BCUT2D eigenvalue weighted by molar-refractivity contribution is -0.118. The van der Waals surface area contributed by atoms with E-state index in [9.17, 15) is 9.59 Å². The van der Waals surface area contributed by atoms with E-state index >= 15 is 0 Å². The van der Waals surface area contributed by atoms with E-state index in [1.807, 2.05) is 0 Å². The van der Waals surface area contributed by atoms with Crippen molar-refractivity contribution in [2.45, 2.75) is 26.8 Å². The first-order valence-electron chi connectivity index (χ1n) is 4.61. The molecular formula is C10H13N3O2. The first-order chi connectivity index (χ1) is 7.00. The van der Waals surface area contributed by atoms with Crippen LogP contribution < -0.4 is 5.32 Å². The predicted octanol–water partition coefficient (Wildman–Crippen LogP) is 0.492. The maximum absolute atomic E-state index is 11.6. The van der Waals surface area contributed by atoms with Crippen LogP contribution in [-0.4, -0.2) is 27.7 Å². The molecule has 0 spiro atoms. The van der Waals surface area contributed by atoms with Gasteiger partial charge in [-0.25, -0.2) is 9.97 Å². The average Bonchev–Trinajstić information content (AvgIpc) is 2.17. The quantitative estimate of drug-likeness (QED) is 0.783. The largest absolute Gasteiger partial charge is 0.341 e. The molecule has 15 heavy (non-hydrogen) atoms. The first-order valence-corrected chi connectivity index (χ1v) is 4.61. The van der Waals surface area contributed by atoms with Gasteiger partial charge in [0.1, 0.15) is 11.5 Å². The van der Waals surface area contributed by atoms with E-state index in [2.05, 4.69) is 15.3 Å². The molecule has 80 valence electrons. The third-order valence-corrected chi connectivity index (χ3v) is 1.97. The lowest BCUT2D eigenvalue weighted by Crippen LogP contribution is -2.37. The lowest BCUT2D eigenvalue weighted by Gasteiger charge is -2.09. The summed E-state index contributed by atoms with van der Waals surface area (Å²) in [5, 5.41) is 2.54. The molecular weight excluding hydrogens is 194 g/mol. The monoisotopic (exact) mass is 207 g/mol. The fourth-order valence-corrected chi connectivity index (χ4v) is 0.955.